The highest BCUT2D eigenvalue weighted by molar-refractivity contribution is 14.1. The van der Waals surface area contributed by atoms with Gasteiger partial charge in [0.05, 0.1) is 5.56 Å². The maximum absolute atomic E-state index is 11.8. The molecule has 0 heterocycles. The number of carbonyl (C=O) groups excluding carboxylic acids is 1. The molecule has 108 valence electrons. The Bertz CT molecular complexity index is 654. The lowest BCUT2D eigenvalue weighted by atomic mass is 10.1. The molecule has 4 nitrogen and oxygen atoms in total. The highest BCUT2D eigenvalue weighted by atomic mass is 127. The maximum Gasteiger partial charge on any atom is 0.365 e. The van der Waals surface area contributed by atoms with Crippen molar-refractivity contribution in [1.29, 1.82) is 0 Å². The number of nitrogens with zero attached hydrogens (tertiary/aromatic N) is 1. The Hall–Kier alpha value is -1.60. The van der Waals surface area contributed by atoms with Crippen LogP contribution in [0, 0.1) is 3.57 Å². The monoisotopic (exact) mass is 414 g/mol. The topological polar surface area (TPSA) is 64.7 Å². The number of nitrogens with two attached hydrogens (primary N) is 1. The molecule has 0 aliphatic carbocycles. The first kappa shape index (κ1) is 15.8. The molecule has 2 aromatic carbocycles. The van der Waals surface area contributed by atoms with E-state index >= 15 is 0 Å². The zero-order valence-corrected chi connectivity index (χ0v) is 13.8. The Morgan fingerprint density at radius 1 is 1.14 bits per heavy atom. The molecule has 2 aromatic rings. The van der Waals surface area contributed by atoms with Crippen molar-refractivity contribution in [2.75, 3.05) is 0 Å². The van der Waals surface area contributed by atoms with Crippen molar-refractivity contribution in [3.8, 4) is 0 Å². The lowest BCUT2D eigenvalue weighted by Gasteiger charge is -2.02. The quantitative estimate of drug-likeness (QED) is 0.273. The number of rotatable bonds is 4. The maximum atomic E-state index is 11.8. The minimum atomic E-state index is -0.537. The van der Waals surface area contributed by atoms with E-state index in [4.69, 9.17) is 22.2 Å². The Labute approximate surface area is 141 Å². The number of amidine groups is 1. The fourth-order valence-corrected chi connectivity index (χ4v) is 2.07. The molecule has 0 amide bonds. The minimum Gasteiger partial charge on any atom is -0.384 e. The molecule has 0 atom stereocenters. The second kappa shape index (κ2) is 7.42. The molecule has 0 bridgehead atoms. The van der Waals surface area contributed by atoms with Crippen molar-refractivity contribution in [3.05, 3.63) is 68.3 Å². The minimum absolute atomic E-state index is 0.219. The number of oxime groups is 1. The van der Waals surface area contributed by atoms with Crippen molar-refractivity contribution in [2.45, 2.75) is 6.42 Å². The van der Waals surface area contributed by atoms with Gasteiger partial charge in [0.15, 0.2) is 0 Å². The van der Waals surface area contributed by atoms with Gasteiger partial charge in [-0.1, -0.05) is 28.9 Å². The van der Waals surface area contributed by atoms with E-state index in [9.17, 15) is 4.79 Å². The summed E-state index contributed by atoms with van der Waals surface area (Å²) in [4.78, 5) is 16.6. The van der Waals surface area contributed by atoms with Crippen LogP contribution >= 0.6 is 34.2 Å². The molecule has 2 N–H and O–H groups in total. The normalized spacial score (nSPS) is 11.2. The van der Waals surface area contributed by atoms with Gasteiger partial charge in [-0.05, 0) is 64.6 Å². The summed E-state index contributed by atoms with van der Waals surface area (Å²) in [5.41, 5.74) is 7.10. The van der Waals surface area contributed by atoms with Crippen LogP contribution in [0.1, 0.15) is 15.9 Å². The Morgan fingerprint density at radius 2 is 1.76 bits per heavy atom. The molecule has 6 heteroatoms. The van der Waals surface area contributed by atoms with Gasteiger partial charge in [0.2, 0.25) is 0 Å². The van der Waals surface area contributed by atoms with Crippen LogP contribution in [0.2, 0.25) is 5.02 Å². The lowest BCUT2D eigenvalue weighted by molar-refractivity contribution is 0.0515. The summed E-state index contributed by atoms with van der Waals surface area (Å²) in [7, 11) is 0. The summed E-state index contributed by atoms with van der Waals surface area (Å²) < 4.78 is 1.04. The smallest absolute Gasteiger partial charge is 0.365 e. The summed E-state index contributed by atoms with van der Waals surface area (Å²) >= 11 is 7.96. The predicted molar refractivity (Wildman–Crippen MR) is 91.4 cm³/mol. The Morgan fingerprint density at radius 3 is 2.38 bits per heavy atom. The summed E-state index contributed by atoms with van der Waals surface area (Å²) in [6.07, 6.45) is 0.386. The molecule has 21 heavy (non-hydrogen) atoms. The van der Waals surface area contributed by atoms with Crippen molar-refractivity contribution in [1.82, 2.24) is 0 Å². The average Bonchev–Trinajstić information content (AvgIpc) is 2.48. The number of carbonyl (C=O) groups is 1. The van der Waals surface area contributed by atoms with Crippen LogP contribution in [0.25, 0.3) is 0 Å². The van der Waals surface area contributed by atoms with Gasteiger partial charge in [-0.25, -0.2) is 4.79 Å². The van der Waals surface area contributed by atoms with Crippen LogP contribution in [0.15, 0.2) is 53.7 Å². The van der Waals surface area contributed by atoms with E-state index < -0.39 is 5.97 Å². The highest BCUT2D eigenvalue weighted by Crippen LogP contribution is 2.10. The molecule has 0 unspecified atom stereocenters. The fourth-order valence-electron chi connectivity index (χ4n) is 1.58. The molecule has 0 aromatic heterocycles. The van der Waals surface area contributed by atoms with Gasteiger partial charge < -0.3 is 10.6 Å². The van der Waals surface area contributed by atoms with Crippen LogP contribution in [-0.4, -0.2) is 11.8 Å². The standard InChI is InChI=1S/C15H12ClIN2O2/c16-12-5-1-10(2-6-12)9-14(18)19-21-15(20)11-3-7-13(17)8-4-11/h1-8H,9H2,(H2,18,19). The first-order valence-corrected chi connectivity index (χ1v) is 7.54. The van der Waals surface area contributed by atoms with E-state index in [0.29, 0.717) is 17.0 Å². The first-order valence-electron chi connectivity index (χ1n) is 6.08. The third kappa shape index (κ3) is 5.02. The third-order valence-corrected chi connectivity index (χ3v) is 3.60. The fraction of sp³-hybridized carbons (Fsp3) is 0.0667. The summed E-state index contributed by atoms with van der Waals surface area (Å²) in [6.45, 7) is 0. The zero-order chi connectivity index (χ0) is 15.2. The highest BCUT2D eigenvalue weighted by Gasteiger charge is 2.07. The van der Waals surface area contributed by atoms with E-state index in [1.54, 1.807) is 24.3 Å². The summed E-state index contributed by atoms with van der Waals surface area (Å²) in [6, 6.07) is 14.2. The molecule has 0 aliphatic heterocycles. The molecule has 0 radical (unpaired) electrons. The van der Waals surface area contributed by atoms with E-state index in [1.165, 1.54) is 0 Å². The SMILES string of the molecule is N/C(Cc1ccc(Cl)cc1)=N\OC(=O)c1ccc(I)cc1. The molecule has 0 saturated carbocycles. The van der Waals surface area contributed by atoms with Gasteiger partial charge in [0, 0.05) is 15.0 Å². The third-order valence-electron chi connectivity index (χ3n) is 2.62. The second-order valence-electron chi connectivity index (χ2n) is 4.27. The van der Waals surface area contributed by atoms with E-state index in [-0.39, 0.29) is 5.84 Å². The van der Waals surface area contributed by atoms with Gasteiger partial charge >= 0.3 is 5.97 Å². The first-order chi connectivity index (χ1) is 10.0. The Kier molecular flexibility index (Phi) is 5.58. The van der Waals surface area contributed by atoms with E-state index in [0.717, 1.165) is 9.13 Å². The largest absolute Gasteiger partial charge is 0.384 e. The van der Waals surface area contributed by atoms with E-state index in [1.807, 2.05) is 24.3 Å². The molecule has 0 fully saturated rings. The van der Waals surface area contributed by atoms with Crippen molar-refractivity contribution in [2.24, 2.45) is 10.9 Å². The summed E-state index contributed by atoms with van der Waals surface area (Å²) in [5.74, 6) is -0.318. The van der Waals surface area contributed by atoms with Crippen LogP contribution in [0.4, 0.5) is 0 Å². The lowest BCUT2D eigenvalue weighted by Crippen LogP contribution is -2.16. The van der Waals surface area contributed by atoms with Gasteiger partial charge in [0.1, 0.15) is 5.84 Å². The van der Waals surface area contributed by atoms with Crippen molar-refractivity contribution in [3.63, 3.8) is 0 Å². The van der Waals surface area contributed by atoms with Gasteiger partial charge in [0.25, 0.3) is 0 Å². The van der Waals surface area contributed by atoms with Crippen LogP contribution in [0.5, 0.6) is 0 Å². The van der Waals surface area contributed by atoms with Crippen LogP contribution < -0.4 is 5.73 Å². The Balaban J connectivity index is 1.95. The van der Waals surface area contributed by atoms with Gasteiger partial charge in [-0.2, -0.15) is 0 Å². The number of benzene rings is 2. The molecular weight excluding hydrogens is 403 g/mol. The summed E-state index contributed by atoms with van der Waals surface area (Å²) in [5, 5.41) is 4.30. The molecule has 0 spiro atoms. The predicted octanol–water partition coefficient (Wildman–Crippen LogP) is 3.62. The molecule has 0 aliphatic rings. The molecule has 0 saturated heterocycles. The number of halogens is 2. The van der Waals surface area contributed by atoms with E-state index in [2.05, 4.69) is 27.7 Å². The second-order valence-corrected chi connectivity index (χ2v) is 5.95. The van der Waals surface area contributed by atoms with Gasteiger partial charge in [-0.15, -0.1) is 0 Å². The van der Waals surface area contributed by atoms with Crippen LogP contribution in [-0.2, 0) is 11.3 Å². The van der Waals surface area contributed by atoms with Crippen LogP contribution in [0.3, 0.4) is 0 Å². The van der Waals surface area contributed by atoms with Gasteiger partial charge in [-0.3, -0.25) is 0 Å². The molecular formula is C15H12ClIN2O2. The van der Waals surface area contributed by atoms with Crippen molar-refractivity contribution >= 4 is 46.0 Å². The number of hydrogen-bond donors (Lipinski definition) is 1. The van der Waals surface area contributed by atoms with Crippen molar-refractivity contribution < 1.29 is 9.63 Å². The average molecular weight is 415 g/mol. The zero-order valence-electron chi connectivity index (χ0n) is 10.9. The number of hydrogen-bond acceptors (Lipinski definition) is 3. The molecule has 2 rings (SSSR count).